The van der Waals surface area contributed by atoms with Crippen LogP contribution in [0.15, 0.2) is 30.3 Å². The molecule has 80 valence electrons. The van der Waals surface area contributed by atoms with Crippen LogP contribution in [0.4, 0.5) is 0 Å². The molecule has 0 saturated carbocycles. The summed E-state index contributed by atoms with van der Waals surface area (Å²) in [6.45, 7) is 1.95. The Morgan fingerprint density at radius 1 is 1.40 bits per heavy atom. The Balaban J connectivity index is 2.21. The first kappa shape index (κ1) is 10.2. The van der Waals surface area contributed by atoms with Gasteiger partial charge in [-0.1, -0.05) is 30.3 Å². The average Bonchev–Trinajstić information content (AvgIpc) is 2.59. The Morgan fingerprint density at radius 3 is 2.60 bits per heavy atom. The van der Waals surface area contributed by atoms with E-state index in [2.05, 4.69) is 0 Å². The van der Waals surface area contributed by atoms with E-state index in [4.69, 9.17) is 0 Å². The lowest BCUT2D eigenvalue weighted by Gasteiger charge is -2.28. The molecule has 1 fully saturated rings. The van der Waals surface area contributed by atoms with Crippen molar-refractivity contribution in [1.82, 2.24) is 4.90 Å². The summed E-state index contributed by atoms with van der Waals surface area (Å²) in [6.07, 6.45) is 0.390. The number of hydrogen-bond acceptors (Lipinski definition) is 2. The molecule has 1 heterocycles. The van der Waals surface area contributed by atoms with Crippen LogP contribution in [-0.2, 0) is 4.79 Å². The molecular weight excluding hydrogens is 190 g/mol. The summed E-state index contributed by atoms with van der Waals surface area (Å²) in [5, 5.41) is 9.70. The minimum absolute atomic E-state index is 0.0406. The van der Waals surface area contributed by atoms with Crippen LogP contribution in [0.25, 0.3) is 0 Å². The number of carbonyl (C=O) groups excluding carboxylic acids is 1. The number of aliphatic hydroxyl groups excluding tert-OH is 1. The molecular formula is C12H15NO2. The minimum atomic E-state index is -0.618. The van der Waals surface area contributed by atoms with E-state index in [0.717, 1.165) is 5.56 Å². The minimum Gasteiger partial charge on any atom is -0.373 e. The van der Waals surface area contributed by atoms with Gasteiger partial charge in [0, 0.05) is 12.8 Å². The molecule has 1 amide bonds. The molecule has 1 aromatic carbocycles. The van der Waals surface area contributed by atoms with E-state index in [1.165, 1.54) is 0 Å². The van der Waals surface area contributed by atoms with Crippen molar-refractivity contribution in [1.29, 1.82) is 0 Å². The van der Waals surface area contributed by atoms with Gasteiger partial charge in [0.1, 0.15) is 6.23 Å². The van der Waals surface area contributed by atoms with Crippen molar-refractivity contribution < 1.29 is 9.90 Å². The zero-order chi connectivity index (χ0) is 10.8. The first-order valence-corrected chi connectivity index (χ1v) is 5.24. The molecule has 0 bridgehead atoms. The summed E-state index contributed by atoms with van der Waals surface area (Å²) in [5.74, 6) is 0.0406. The first-order chi connectivity index (χ1) is 7.20. The number of rotatable bonds is 2. The number of nitrogens with zero attached hydrogens (tertiary/aromatic N) is 1. The molecule has 0 spiro atoms. The van der Waals surface area contributed by atoms with E-state index < -0.39 is 6.23 Å². The highest BCUT2D eigenvalue weighted by atomic mass is 16.3. The third kappa shape index (κ3) is 1.88. The van der Waals surface area contributed by atoms with Crippen LogP contribution < -0.4 is 0 Å². The van der Waals surface area contributed by atoms with Gasteiger partial charge < -0.3 is 10.0 Å². The Morgan fingerprint density at radius 2 is 2.07 bits per heavy atom. The van der Waals surface area contributed by atoms with Crippen LogP contribution in [-0.4, -0.2) is 22.1 Å². The summed E-state index contributed by atoms with van der Waals surface area (Å²) in [6, 6.07) is 9.73. The normalized spacial score (nSPS) is 23.2. The third-order valence-corrected chi connectivity index (χ3v) is 2.92. The highest BCUT2D eigenvalue weighted by Crippen LogP contribution is 2.28. The highest BCUT2D eigenvalue weighted by molar-refractivity contribution is 5.78. The Hall–Kier alpha value is -1.35. The number of carbonyl (C=O) groups is 1. The van der Waals surface area contributed by atoms with Crippen LogP contribution in [0, 0.1) is 0 Å². The largest absolute Gasteiger partial charge is 0.373 e. The molecule has 1 aliphatic rings. The Kier molecular flexibility index (Phi) is 2.73. The lowest BCUT2D eigenvalue weighted by molar-refractivity contribution is -0.136. The van der Waals surface area contributed by atoms with Crippen molar-refractivity contribution >= 4 is 5.91 Å². The molecule has 2 atom stereocenters. The van der Waals surface area contributed by atoms with E-state index in [-0.39, 0.29) is 11.9 Å². The van der Waals surface area contributed by atoms with E-state index >= 15 is 0 Å². The van der Waals surface area contributed by atoms with Gasteiger partial charge in [-0.3, -0.25) is 4.79 Å². The smallest absolute Gasteiger partial charge is 0.225 e. The molecule has 1 N–H and O–H groups in total. The number of benzene rings is 1. The van der Waals surface area contributed by atoms with Crippen molar-refractivity contribution in [2.75, 3.05) is 0 Å². The molecule has 2 rings (SSSR count). The van der Waals surface area contributed by atoms with E-state index in [1.807, 2.05) is 37.3 Å². The second kappa shape index (κ2) is 4.03. The van der Waals surface area contributed by atoms with Crippen LogP contribution in [0.3, 0.4) is 0 Å². The molecule has 0 aliphatic carbocycles. The van der Waals surface area contributed by atoms with E-state index in [0.29, 0.717) is 12.8 Å². The SMILES string of the molecule is C[C@@H](c1ccccc1)N1C(=O)CCC1O. The molecule has 0 radical (unpaired) electrons. The second-order valence-electron chi connectivity index (χ2n) is 3.91. The average molecular weight is 205 g/mol. The molecule has 3 heteroatoms. The van der Waals surface area contributed by atoms with Crippen LogP contribution in [0.5, 0.6) is 0 Å². The maximum Gasteiger partial charge on any atom is 0.225 e. The zero-order valence-electron chi connectivity index (χ0n) is 8.76. The summed E-state index contributed by atoms with van der Waals surface area (Å²) in [5.41, 5.74) is 1.06. The number of likely N-dealkylation sites (tertiary alicyclic amines) is 1. The lowest BCUT2D eigenvalue weighted by Crippen LogP contribution is -2.35. The number of aliphatic hydroxyl groups is 1. The number of hydrogen-bond donors (Lipinski definition) is 1. The molecule has 3 nitrogen and oxygen atoms in total. The zero-order valence-corrected chi connectivity index (χ0v) is 8.76. The van der Waals surface area contributed by atoms with Gasteiger partial charge in [-0.15, -0.1) is 0 Å². The monoisotopic (exact) mass is 205 g/mol. The molecule has 1 saturated heterocycles. The van der Waals surface area contributed by atoms with Crippen LogP contribution >= 0.6 is 0 Å². The maximum absolute atomic E-state index is 11.6. The third-order valence-electron chi connectivity index (χ3n) is 2.92. The summed E-state index contributed by atoms with van der Waals surface area (Å²) < 4.78 is 0. The summed E-state index contributed by atoms with van der Waals surface area (Å²) in [7, 11) is 0. The first-order valence-electron chi connectivity index (χ1n) is 5.24. The standard InChI is InChI=1S/C12H15NO2/c1-9(10-5-3-2-4-6-10)13-11(14)7-8-12(13)15/h2-6,9,11,14H,7-8H2,1H3/t9-,11?/m0/s1. The van der Waals surface area contributed by atoms with Gasteiger partial charge in [-0.05, 0) is 12.5 Å². The van der Waals surface area contributed by atoms with Crippen molar-refractivity contribution in [2.45, 2.75) is 32.0 Å². The van der Waals surface area contributed by atoms with Crippen molar-refractivity contribution in [3.05, 3.63) is 35.9 Å². The predicted octanol–water partition coefficient (Wildman–Crippen LogP) is 1.69. The van der Waals surface area contributed by atoms with Crippen molar-refractivity contribution in [2.24, 2.45) is 0 Å². The Labute approximate surface area is 89.3 Å². The quantitative estimate of drug-likeness (QED) is 0.798. The fourth-order valence-corrected chi connectivity index (χ4v) is 2.05. The van der Waals surface area contributed by atoms with Gasteiger partial charge >= 0.3 is 0 Å². The van der Waals surface area contributed by atoms with Gasteiger partial charge in [0.05, 0.1) is 6.04 Å². The fourth-order valence-electron chi connectivity index (χ4n) is 2.05. The molecule has 1 aromatic rings. The summed E-state index contributed by atoms with van der Waals surface area (Å²) >= 11 is 0. The highest BCUT2D eigenvalue weighted by Gasteiger charge is 2.33. The summed E-state index contributed by atoms with van der Waals surface area (Å²) in [4.78, 5) is 13.1. The van der Waals surface area contributed by atoms with Gasteiger partial charge in [0.25, 0.3) is 0 Å². The van der Waals surface area contributed by atoms with Gasteiger partial charge in [-0.25, -0.2) is 0 Å². The van der Waals surface area contributed by atoms with Crippen LogP contribution in [0.1, 0.15) is 31.4 Å². The maximum atomic E-state index is 11.6. The van der Waals surface area contributed by atoms with Gasteiger partial charge in [0.2, 0.25) is 5.91 Å². The van der Waals surface area contributed by atoms with Crippen molar-refractivity contribution in [3.63, 3.8) is 0 Å². The molecule has 1 aliphatic heterocycles. The molecule has 0 aromatic heterocycles. The lowest BCUT2D eigenvalue weighted by atomic mass is 10.1. The molecule has 1 unspecified atom stereocenters. The predicted molar refractivity (Wildman–Crippen MR) is 56.9 cm³/mol. The second-order valence-corrected chi connectivity index (χ2v) is 3.91. The van der Waals surface area contributed by atoms with Crippen molar-refractivity contribution in [3.8, 4) is 0 Å². The topological polar surface area (TPSA) is 40.5 Å². The van der Waals surface area contributed by atoms with E-state index in [9.17, 15) is 9.90 Å². The Bertz CT molecular complexity index is 350. The van der Waals surface area contributed by atoms with E-state index in [1.54, 1.807) is 4.90 Å². The fraction of sp³-hybridized carbons (Fsp3) is 0.417. The van der Waals surface area contributed by atoms with Crippen LogP contribution in [0.2, 0.25) is 0 Å². The van der Waals surface area contributed by atoms with Gasteiger partial charge in [0.15, 0.2) is 0 Å². The molecule has 15 heavy (non-hydrogen) atoms. The number of amides is 1. The van der Waals surface area contributed by atoms with Gasteiger partial charge in [-0.2, -0.15) is 0 Å².